The van der Waals surface area contributed by atoms with Gasteiger partial charge in [-0.3, -0.25) is 4.79 Å². The highest BCUT2D eigenvalue weighted by Crippen LogP contribution is 2.43. The van der Waals surface area contributed by atoms with E-state index in [0.717, 1.165) is 5.56 Å². The molecular formula is C19H16Cl4N2OSi. The standard InChI is InChI=1S/C19H16Cl4N2OSi/c1-27(2)25(10-11-6-4-3-5-7-11)24-12-8-9-13(26)15-14(12)16(20)18(22)19(23)17(15)21/h3-9,27H,10H2,1-2H3. The van der Waals surface area contributed by atoms with Gasteiger partial charge in [-0.25, -0.2) is 0 Å². The van der Waals surface area contributed by atoms with E-state index in [4.69, 9.17) is 51.5 Å². The van der Waals surface area contributed by atoms with Crippen molar-refractivity contribution in [3.8, 4) is 0 Å². The zero-order chi connectivity index (χ0) is 19.7. The smallest absolute Gasteiger partial charge is 0.188 e. The van der Waals surface area contributed by atoms with Gasteiger partial charge in [0, 0.05) is 5.56 Å². The molecule has 0 radical (unpaired) electrons. The molecule has 0 heterocycles. The number of hydrazone groups is 1. The van der Waals surface area contributed by atoms with E-state index in [9.17, 15) is 4.79 Å². The zero-order valence-corrected chi connectivity index (χ0v) is 18.8. The van der Waals surface area contributed by atoms with Crippen molar-refractivity contribution < 1.29 is 4.79 Å². The number of rotatable bonds is 4. The number of carbonyl (C=O) groups is 1. The third-order valence-corrected chi connectivity index (χ3v) is 7.47. The number of hydrogen-bond donors (Lipinski definition) is 0. The van der Waals surface area contributed by atoms with Crippen molar-refractivity contribution in [1.82, 2.24) is 4.67 Å². The average molecular weight is 458 g/mol. The number of ketones is 1. The van der Waals surface area contributed by atoms with Crippen molar-refractivity contribution >= 4 is 66.9 Å². The fraction of sp³-hybridized carbons (Fsp3) is 0.158. The minimum absolute atomic E-state index is 0.0736. The largest absolute Gasteiger partial charge is 0.323 e. The Bertz CT molecular complexity index is 958. The molecule has 0 saturated heterocycles. The van der Waals surface area contributed by atoms with E-state index in [-0.39, 0.29) is 31.4 Å². The monoisotopic (exact) mass is 456 g/mol. The number of carbonyl (C=O) groups excluding carboxylic acids is 1. The number of benzene rings is 2. The van der Waals surface area contributed by atoms with Gasteiger partial charge in [-0.1, -0.05) is 89.8 Å². The van der Waals surface area contributed by atoms with Crippen molar-refractivity contribution in [3.05, 3.63) is 79.3 Å². The third kappa shape index (κ3) is 4.10. The first kappa shape index (κ1) is 20.4. The Kier molecular flexibility index (Phi) is 6.34. The highest BCUT2D eigenvalue weighted by molar-refractivity contribution is 6.55. The van der Waals surface area contributed by atoms with Crippen LogP contribution in [0.15, 0.2) is 47.6 Å². The van der Waals surface area contributed by atoms with Gasteiger partial charge in [0.25, 0.3) is 0 Å². The van der Waals surface area contributed by atoms with Crippen LogP contribution in [0.3, 0.4) is 0 Å². The maximum absolute atomic E-state index is 12.4. The molecule has 1 aliphatic carbocycles. The average Bonchev–Trinajstić information content (AvgIpc) is 2.65. The number of fused-ring (bicyclic) bond motifs is 1. The van der Waals surface area contributed by atoms with Crippen molar-refractivity contribution in [2.75, 3.05) is 0 Å². The second kappa shape index (κ2) is 8.37. The van der Waals surface area contributed by atoms with Crippen LogP contribution in [0.1, 0.15) is 21.5 Å². The summed E-state index contributed by atoms with van der Waals surface area (Å²) in [6.45, 7) is 5.02. The minimum Gasteiger partial charge on any atom is -0.323 e. The summed E-state index contributed by atoms with van der Waals surface area (Å²) in [5.74, 6) is -0.272. The van der Waals surface area contributed by atoms with E-state index in [2.05, 4.69) is 29.9 Å². The van der Waals surface area contributed by atoms with Gasteiger partial charge in [0.15, 0.2) is 14.7 Å². The van der Waals surface area contributed by atoms with Crippen molar-refractivity contribution in [2.45, 2.75) is 19.6 Å². The van der Waals surface area contributed by atoms with Gasteiger partial charge in [-0.15, -0.1) is 0 Å². The van der Waals surface area contributed by atoms with E-state index < -0.39 is 8.96 Å². The zero-order valence-electron chi connectivity index (χ0n) is 14.6. The second-order valence-corrected chi connectivity index (χ2v) is 10.7. The second-order valence-electron chi connectivity index (χ2n) is 6.37. The van der Waals surface area contributed by atoms with Crippen molar-refractivity contribution in [2.24, 2.45) is 5.10 Å². The molecule has 0 aliphatic heterocycles. The number of allylic oxidation sites excluding steroid dienone is 2. The van der Waals surface area contributed by atoms with Crippen LogP contribution in [-0.2, 0) is 6.54 Å². The molecule has 0 bridgehead atoms. The molecule has 2 aromatic rings. The van der Waals surface area contributed by atoms with E-state index in [1.54, 1.807) is 6.08 Å². The van der Waals surface area contributed by atoms with Crippen molar-refractivity contribution in [3.63, 3.8) is 0 Å². The van der Waals surface area contributed by atoms with Crippen molar-refractivity contribution in [1.29, 1.82) is 0 Å². The van der Waals surface area contributed by atoms with Crippen LogP contribution in [-0.4, -0.2) is 25.1 Å². The van der Waals surface area contributed by atoms with Gasteiger partial charge in [-0.2, -0.15) is 5.10 Å². The predicted octanol–water partition coefficient (Wildman–Crippen LogP) is 6.24. The quantitative estimate of drug-likeness (QED) is 0.235. The van der Waals surface area contributed by atoms with Gasteiger partial charge in [0.1, 0.15) is 0 Å². The lowest BCUT2D eigenvalue weighted by atomic mass is 9.94. The van der Waals surface area contributed by atoms with Gasteiger partial charge >= 0.3 is 0 Å². The topological polar surface area (TPSA) is 32.7 Å². The Morgan fingerprint density at radius 3 is 2.07 bits per heavy atom. The molecule has 0 saturated carbocycles. The van der Waals surface area contributed by atoms with Gasteiger partial charge in [0.2, 0.25) is 0 Å². The maximum Gasteiger partial charge on any atom is 0.188 e. The third-order valence-electron chi connectivity index (χ3n) is 4.18. The molecule has 3 rings (SSSR count). The van der Waals surface area contributed by atoms with Crippen LogP contribution >= 0.6 is 46.4 Å². The Labute approximate surface area is 179 Å². The summed E-state index contributed by atoms with van der Waals surface area (Å²) in [7, 11) is -1.31. The molecule has 8 heteroatoms. The molecule has 0 fully saturated rings. The first-order valence-electron chi connectivity index (χ1n) is 8.29. The van der Waals surface area contributed by atoms with Crippen LogP contribution in [0.2, 0.25) is 33.2 Å². The summed E-state index contributed by atoms with van der Waals surface area (Å²) in [5.41, 5.74) is 2.36. The normalized spacial score (nSPS) is 14.8. The summed E-state index contributed by atoms with van der Waals surface area (Å²) >= 11 is 25.1. The molecule has 0 amide bonds. The number of nitrogens with zero attached hydrogens (tertiary/aromatic N) is 2. The molecule has 0 unspecified atom stereocenters. The van der Waals surface area contributed by atoms with E-state index in [1.165, 1.54) is 6.08 Å². The van der Waals surface area contributed by atoms with Gasteiger partial charge in [0.05, 0.1) is 37.9 Å². The van der Waals surface area contributed by atoms with E-state index in [1.807, 2.05) is 18.2 Å². The fourth-order valence-corrected chi connectivity index (χ4v) is 4.72. The predicted molar refractivity (Wildman–Crippen MR) is 117 cm³/mol. The lowest BCUT2D eigenvalue weighted by Crippen LogP contribution is -2.31. The fourth-order valence-electron chi connectivity index (χ4n) is 2.75. The molecule has 27 heavy (non-hydrogen) atoms. The summed E-state index contributed by atoms with van der Waals surface area (Å²) in [4.78, 5) is 12.4. The molecule has 0 aromatic heterocycles. The SMILES string of the molecule is C[SiH](C)N(Cc1ccccc1)N=C1C=CC(=O)c2c(Cl)c(Cl)c(Cl)c(Cl)c21. The molecule has 2 aromatic carbocycles. The summed E-state index contributed by atoms with van der Waals surface area (Å²) in [5, 5.41) is 5.28. The molecule has 0 N–H and O–H groups in total. The lowest BCUT2D eigenvalue weighted by Gasteiger charge is -2.26. The molecule has 0 spiro atoms. The number of hydrogen-bond acceptors (Lipinski definition) is 3. The molecule has 0 atom stereocenters. The summed E-state index contributed by atoms with van der Waals surface area (Å²) < 4.78 is 2.06. The number of halogens is 4. The molecule has 3 nitrogen and oxygen atoms in total. The Morgan fingerprint density at radius 2 is 1.48 bits per heavy atom. The molecule has 1 aliphatic rings. The van der Waals surface area contributed by atoms with Crippen LogP contribution < -0.4 is 0 Å². The van der Waals surface area contributed by atoms with E-state index in [0.29, 0.717) is 17.8 Å². The van der Waals surface area contributed by atoms with Crippen LogP contribution in [0.4, 0.5) is 0 Å². The first-order chi connectivity index (χ1) is 12.8. The van der Waals surface area contributed by atoms with E-state index >= 15 is 0 Å². The van der Waals surface area contributed by atoms with Gasteiger partial charge < -0.3 is 4.67 Å². The van der Waals surface area contributed by atoms with Gasteiger partial charge in [-0.05, 0) is 17.7 Å². The molecule has 140 valence electrons. The Hall–Kier alpha value is -1.30. The van der Waals surface area contributed by atoms with Crippen LogP contribution in [0, 0.1) is 0 Å². The highest BCUT2D eigenvalue weighted by atomic mass is 35.5. The Balaban J connectivity index is 2.12. The highest BCUT2D eigenvalue weighted by Gasteiger charge is 2.29. The van der Waals surface area contributed by atoms with Crippen LogP contribution in [0.25, 0.3) is 0 Å². The maximum atomic E-state index is 12.4. The minimum atomic E-state index is -1.31. The van der Waals surface area contributed by atoms with Crippen LogP contribution in [0.5, 0.6) is 0 Å². The lowest BCUT2D eigenvalue weighted by molar-refractivity contribution is 0.104. The Morgan fingerprint density at radius 1 is 0.889 bits per heavy atom. The summed E-state index contributed by atoms with van der Waals surface area (Å²) in [6, 6.07) is 10.1. The summed E-state index contributed by atoms with van der Waals surface area (Å²) in [6.07, 6.45) is 3.07. The first-order valence-corrected chi connectivity index (χ1v) is 12.6. The molecular weight excluding hydrogens is 442 g/mol.